The minimum atomic E-state index is -0.0482. The van der Waals surface area contributed by atoms with E-state index in [4.69, 9.17) is 0 Å². The smallest absolute Gasteiger partial charge is 0.244 e. The van der Waals surface area contributed by atoms with Crippen LogP contribution in [0.4, 0.5) is 0 Å². The highest BCUT2D eigenvalue weighted by molar-refractivity contribution is 7.09. The molecule has 0 saturated carbocycles. The summed E-state index contributed by atoms with van der Waals surface area (Å²) in [6.45, 7) is 2.02. The highest BCUT2D eigenvalue weighted by atomic mass is 32.1. The van der Waals surface area contributed by atoms with Crippen molar-refractivity contribution in [2.24, 2.45) is 0 Å². The highest BCUT2D eigenvalue weighted by Crippen LogP contribution is 2.10. The molecule has 2 rings (SSSR count). The summed E-state index contributed by atoms with van der Waals surface area (Å²) in [7, 11) is 0. The maximum Gasteiger partial charge on any atom is 0.244 e. The van der Waals surface area contributed by atoms with Crippen LogP contribution >= 0.6 is 11.3 Å². The summed E-state index contributed by atoms with van der Waals surface area (Å²) < 4.78 is 0. The number of carbonyl (C=O) groups is 1. The number of nitrogens with one attached hydrogen (secondary N) is 1. The fraction of sp³-hybridized carbons (Fsp3) is 0.188. The molecule has 1 heterocycles. The van der Waals surface area contributed by atoms with E-state index >= 15 is 0 Å². The van der Waals surface area contributed by atoms with Crippen molar-refractivity contribution in [3.05, 3.63) is 64.4 Å². The van der Waals surface area contributed by atoms with Crippen LogP contribution < -0.4 is 5.32 Å². The SMILES string of the molecule is C[C@@H](Cc1cccs1)NC(=O)/C=C/c1ccccc1. The third-order valence-electron chi connectivity index (χ3n) is 2.70. The van der Waals surface area contributed by atoms with E-state index in [1.807, 2.05) is 49.4 Å². The molecule has 1 aromatic carbocycles. The van der Waals surface area contributed by atoms with Crippen LogP contribution in [0, 0.1) is 0 Å². The van der Waals surface area contributed by atoms with Crippen molar-refractivity contribution in [3.8, 4) is 0 Å². The van der Waals surface area contributed by atoms with Crippen LogP contribution in [0.5, 0.6) is 0 Å². The number of hydrogen-bond donors (Lipinski definition) is 1. The molecule has 2 aromatic rings. The third kappa shape index (κ3) is 4.72. The number of amides is 1. The molecular formula is C16H17NOS. The molecule has 0 fully saturated rings. The molecule has 2 nitrogen and oxygen atoms in total. The number of hydrogen-bond acceptors (Lipinski definition) is 2. The van der Waals surface area contributed by atoms with Crippen LogP contribution in [-0.4, -0.2) is 11.9 Å². The first kappa shape index (κ1) is 13.6. The summed E-state index contributed by atoms with van der Waals surface area (Å²) >= 11 is 1.72. The van der Waals surface area contributed by atoms with E-state index in [1.165, 1.54) is 4.88 Å². The molecule has 1 amide bonds. The zero-order chi connectivity index (χ0) is 13.5. The monoisotopic (exact) mass is 271 g/mol. The molecular weight excluding hydrogens is 254 g/mol. The Hall–Kier alpha value is -1.87. The first-order chi connectivity index (χ1) is 9.24. The standard InChI is InChI=1S/C16H17NOS/c1-13(12-15-8-5-11-19-15)17-16(18)10-9-14-6-3-2-4-7-14/h2-11,13H,12H2,1H3,(H,17,18)/b10-9+/t13-/m0/s1. The minimum absolute atomic E-state index is 0.0482. The molecule has 0 aliphatic carbocycles. The molecule has 0 spiro atoms. The average molecular weight is 271 g/mol. The van der Waals surface area contributed by atoms with Gasteiger partial charge in [-0.2, -0.15) is 0 Å². The molecule has 0 aliphatic heterocycles. The largest absolute Gasteiger partial charge is 0.350 e. The fourth-order valence-electron chi connectivity index (χ4n) is 1.81. The van der Waals surface area contributed by atoms with Crippen molar-refractivity contribution in [1.29, 1.82) is 0 Å². The Morgan fingerprint density at radius 3 is 2.74 bits per heavy atom. The van der Waals surface area contributed by atoms with Gasteiger partial charge in [-0.3, -0.25) is 4.79 Å². The lowest BCUT2D eigenvalue weighted by molar-refractivity contribution is -0.117. The van der Waals surface area contributed by atoms with Gasteiger partial charge in [0, 0.05) is 23.4 Å². The zero-order valence-electron chi connectivity index (χ0n) is 10.9. The summed E-state index contributed by atoms with van der Waals surface area (Å²) in [6, 6.07) is 14.1. The van der Waals surface area contributed by atoms with Crippen LogP contribution in [0.3, 0.4) is 0 Å². The molecule has 0 unspecified atom stereocenters. The van der Waals surface area contributed by atoms with Crippen molar-refractivity contribution in [2.75, 3.05) is 0 Å². The Morgan fingerprint density at radius 1 is 1.26 bits per heavy atom. The van der Waals surface area contributed by atoms with E-state index in [0.29, 0.717) is 0 Å². The van der Waals surface area contributed by atoms with Crippen LogP contribution in [0.15, 0.2) is 53.9 Å². The third-order valence-corrected chi connectivity index (χ3v) is 3.60. The normalized spacial score (nSPS) is 12.5. The number of rotatable bonds is 5. The summed E-state index contributed by atoms with van der Waals surface area (Å²) in [6.07, 6.45) is 4.29. The molecule has 3 heteroatoms. The van der Waals surface area contributed by atoms with E-state index in [2.05, 4.69) is 16.8 Å². The lowest BCUT2D eigenvalue weighted by atomic mass is 10.2. The first-order valence-electron chi connectivity index (χ1n) is 6.30. The Labute approximate surface area is 117 Å². The number of thiophene rings is 1. The molecule has 19 heavy (non-hydrogen) atoms. The molecule has 0 aliphatic rings. The van der Waals surface area contributed by atoms with E-state index in [1.54, 1.807) is 17.4 Å². The first-order valence-corrected chi connectivity index (χ1v) is 7.18. The Morgan fingerprint density at radius 2 is 2.05 bits per heavy atom. The summed E-state index contributed by atoms with van der Waals surface area (Å²) in [5.41, 5.74) is 1.03. The van der Waals surface area contributed by atoms with Gasteiger partial charge >= 0.3 is 0 Å². The minimum Gasteiger partial charge on any atom is -0.350 e. The van der Waals surface area contributed by atoms with E-state index in [0.717, 1.165) is 12.0 Å². The fourth-order valence-corrected chi connectivity index (χ4v) is 2.64. The quantitative estimate of drug-likeness (QED) is 0.828. The maximum atomic E-state index is 11.8. The van der Waals surface area contributed by atoms with E-state index < -0.39 is 0 Å². The van der Waals surface area contributed by atoms with Crippen molar-refractivity contribution in [1.82, 2.24) is 5.32 Å². The Balaban J connectivity index is 1.82. The maximum absolute atomic E-state index is 11.8. The van der Waals surface area contributed by atoms with Crippen LogP contribution in [0.1, 0.15) is 17.4 Å². The van der Waals surface area contributed by atoms with Gasteiger partial charge in [0.05, 0.1) is 0 Å². The van der Waals surface area contributed by atoms with Gasteiger partial charge in [-0.25, -0.2) is 0 Å². The molecule has 0 saturated heterocycles. The van der Waals surface area contributed by atoms with E-state index in [9.17, 15) is 4.79 Å². The highest BCUT2D eigenvalue weighted by Gasteiger charge is 2.06. The van der Waals surface area contributed by atoms with Gasteiger partial charge in [0.25, 0.3) is 0 Å². The Kier molecular flexibility index (Phi) is 4.93. The average Bonchev–Trinajstić information content (AvgIpc) is 2.90. The van der Waals surface area contributed by atoms with E-state index in [-0.39, 0.29) is 11.9 Å². The molecule has 1 N–H and O–H groups in total. The van der Waals surface area contributed by atoms with Crippen LogP contribution in [-0.2, 0) is 11.2 Å². The van der Waals surface area contributed by atoms with Crippen molar-refractivity contribution >= 4 is 23.3 Å². The van der Waals surface area contributed by atoms with Crippen molar-refractivity contribution in [2.45, 2.75) is 19.4 Å². The number of carbonyl (C=O) groups excluding carboxylic acids is 1. The van der Waals surface area contributed by atoms with Gasteiger partial charge in [0.2, 0.25) is 5.91 Å². The second kappa shape index (κ2) is 6.90. The van der Waals surface area contributed by atoms with Gasteiger partial charge in [0.1, 0.15) is 0 Å². The number of benzene rings is 1. The Bertz CT molecular complexity index is 531. The molecule has 1 atom stereocenters. The van der Waals surface area contributed by atoms with Gasteiger partial charge in [-0.15, -0.1) is 11.3 Å². The van der Waals surface area contributed by atoms with Crippen molar-refractivity contribution in [3.63, 3.8) is 0 Å². The van der Waals surface area contributed by atoms with Crippen LogP contribution in [0.25, 0.3) is 6.08 Å². The van der Waals surface area contributed by atoms with Gasteiger partial charge in [-0.05, 0) is 30.0 Å². The zero-order valence-corrected chi connectivity index (χ0v) is 11.7. The molecule has 0 bridgehead atoms. The topological polar surface area (TPSA) is 29.1 Å². The van der Waals surface area contributed by atoms with Crippen molar-refractivity contribution < 1.29 is 4.79 Å². The predicted octanol–water partition coefficient (Wildman–Crippen LogP) is 3.51. The predicted molar refractivity (Wildman–Crippen MR) is 81.1 cm³/mol. The van der Waals surface area contributed by atoms with Crippen LogP contribution in [0.2, 0.25) is 0 Å². The van der Waals surface area contributed by atoms with Gasteiger partial charge in [-0.1, -0.05) is 36.4 Å². The molecule has 98 valence electrons. The second-order valence-corrected chi connectivity index (χ2v) is 5.47. The van der Waals surface area contributed by atoms with Gasteiger partial charge in [0.15, 0.2) is 0 Å². The molecule has 1 aromatic heterocycles. The lowest BCUT2D eigenvalue weighted by Crippen LogP contribution is -2.32. The lowest BCUT2D eigenvalue weighted by Gasteiger charge is -2.10. The van der Waals surface area contributed by atoms with Gasteiger partial charge < -0.3 is 5.32 Å². The summed E-state index contributed by atoms with van der Waals surface area (Å²) in [5, 5.41) is 5.02. The second-order valence-electron chi connectivity index (χ2n) is 4.44. The molecule has 0 radical (unpaired) electrons. The summed E-state index contributed by atoms with van der Waals surface area (Å²) in [4.78, 5) is 13.1. The summed E-state index contributed by atoms with van der Waals surface area (Å²) in [5.74, 6) is -0.0482.